The van der Waals surface area contributed by atoms with Crippen molar-refractivity contribution in [3.63, 3.8) is 0 Å². The van der Waals surface area contributed by atoms with E-state index in [0.29, 0.717) is 0 Å². The summed E-state index contributed by atoms with van der Waals surface area (Å²) in [6.07, 6.45) is 4.49. The molecule has 1 nitrogen and oxygen atoms in total. The third kappa shape index (κ3) is 1.70. The molecule has 0 aromatic heterocycles. The fourth-order valence-electron chi connectivity index (χ4n) is 3.01. The molecule has 3 aromatic rings. The molecule has 1 aliphatic rings. The Kier molecular flexibility index (Phi) is 2.23. The molecular formula is C19H17N. The highest BCUT2D eigenvalue weighted by Crippen LogP contribution is 2.35. The Labute approximate surface area is 118 Å². The van der Waals surface area contributed by atoms with Crippen LogP contribution in [0.4, 0.5) is 5.69 Å². The van der Waals surface area contributed by atoms with Gasteiger partial charge in [-0.25, -0.2) is 0 Å². The van der Waals surface area contributed by atoms with Gasteiger partial charge < -0.3 is 5.32 Å². The minimum atomic E-state index is 0.0253. The summed E-state index contributed by atoms with van der Waals surface area (Å²) in [6.45, 7) is 4.38. The van der Waals surface area contributed by atoms with E-state index in [0.717, 1.165) is 0 Å². The van der Waals surface area contributed by atoms with Gasteiger partial charge in [-0.3, -0.25) is 0 Å². The molecule has 20 heavy (non-hydrogen) atoms. The number of fused-ring (bicyclic) bond motifs is 4. The Morgan fingerprint density at radius 3 is 2.40 bits per heavy atom. The van der Waals surface area contributed by atoms with Gasteiger partial charge in [-0.15, -0.1) is 0 Å². The first kappa shape index (κ1) is 11.5. The molecule has 0 unspecified atom stereocenters. The predicted molar refractivity (Wildman–Crippen MR) is 88.2 cm³/mol. The smallest absolute Gasteiger partial charge is 0.0503 e. The molecule has 0 atom stereocenters. The van der Waals surface area contributed by atoms with Crippen LogP contribution in [0, 0.1) is 0 Å². The number of benzene rings is 3. The fraction of sp³-hybridized carbons (Fsp3) is 0.158. The Morgan fingerprint density at radius 1 is 0.850 bits per heavy atom. The average molecular weight is 259 g/mol. The molecule has 0 spiro atoms. The third-order valence-corrected chi connectivity index (χ3v) is 4.05. The zero-order valence-electron chi connectivity index (χ0n) is 11.8. The van der Waals surface area contributed by atoms with Crippen LogP contribution in [-0.2, 0) is 0 Å². The van der Waals surface area contributed by atoms with Gasteiger partial charge in [0.05, 0.1) is 5.54 Å². The van der Waals surface area contributed by atoms with Crippen molar-refractivity contribution in [3.8, 4) is 0 Å². The molecule has 1 heterocycles. The molecule has 3 aromatic carbocycles. The lowest BCUT2D eigenvalue weighted by Crippen LogP contribution is -2.30. The Hall–Kier alpha value is -2.28. The molecular weight excluding hydrogens is 242 g/mol. The molecule has 0 saturated heterocycles. The van der Waals surface area contributed by atoms with Crippen LogP contribution < -0.4 is 5.32 Å². The van der Waals surface area contributed by atoms with Crippen LogP contribution in [0.3, 0.4) is 0 Å². The van der Waals surface area contributed by atoms with Crippen LogP contribution in [-0.4, -0.2) is 5.54 Å². The maximum atomic E-state index is 3.59. The first-order valence-corrected chi connectivity index (χ1v) is 7.05. The van der Waals surface area contributed by atoms with Crippen molar-refractivity contribution < 1.29 is 0 Å². The molecule has 0 amide bonds. The van der Waals surface area contributed by atoms with E-state index < -0.39 is 0 Å². The van der Waals surface area contributed by atoms with Gasteiger partial charge >= 0.3 is 0 Å². The van der Waals surface area contributed by atoms with Gasteiger partial charge in [0.1, 0.15) is 0 Å². The monoisotopic (exact) mass is 259 g/mol. The first-order chi connectivity index (χ1) is 9.62. The van der Waals surface area contributed by atoms with Crippen molar-refractivity contribution in [2.75, 3.05) is 5.32 Å². The molecule has 0 aliphatic carbocycles. The molecule has 1 heteroatoms. The molecule has 0 bridgehead atoms. The summed E-state index contributed by atoms with van der Waals surface area (Å²) in [6, 6.07) is 17.5. The van der Waals surface area contributed by atoms with Crippen molar-refractivity contribution in [2.24, 2.45) is 0 Å². The second kappa shape index (κ2) is 3.86. The topological polar surface area (TPSA) is 12.0 Å². The van der Waals surface area contributed by atoms with Crippen LogP contribution in [0.2, 0.25) is 0 Å². The molecule has 0 saturated carbocycles. The molecule has 0 radical (unpaired) electrons. The highest BCUT2D eigenvalue weighted by molar-refractivity contribution is 6.04. The number of hydrogen-bond donors (Lipinski definition) is 1. The van der Waals surface area contributed by atoms with E-state index in [4.69, 9.17) is 0 Å². The van der Waals surface area contributed by atoms with Crippen molar-refractivity contribution >= 4 is 33.3 Å². The lowest BCUT2D eigenvalue weighted by molar-refractivity contribution is 0.711. The van der Waals surface area contributed by atoms with Gasteiger partial charge in [-0.1, -0.05) is 42.5 Å². The van der Waals surface area contributed by atoms with E-state index in [1.54, 1.807) is 0 Å². The predicted octanol–water partition coefficient (Wildman–Crippen LogP) is 5.21. The third-order valence-electron chi connectivity index (χ3n) is 4.05. The Balaban J connectivity index is 2.06. The normalized spacial score (nSPS) is 16.1. The minimum absolute atomic E-state index is 0.0253. The summed E-state index contributed by atoms with van der Waals surface area (Å²) in [5, 5.41) is 8.81. The first-order valence-electron chi connectivity index (χ1n) is 7.05. The Bertz CT molecular complexity index is 856. The minimum Gasteiger partial charge on any atom is -0.376 e. The summed E-state index contributed by atoms with van der Waals surface area (Å²) in [5.74, 6) is 0. The number of rotatable bonds is 0. The molecule has 1 aliphatic heterocycles. The summed E-state index contributed by atoms with van der Waals surface area (Å²) in [7, 11) is 0. The summed E-state index contributed by atoms with van der Waals surface area (Å²) < 4.78 is 0. The SMILES string of the molecule is CC1(C)C=Cc2c(ccc3cc4ccccc4cc23)N1. The van der Waals surface area contributed by atoms with Crippen LogP contribution in [0.25, 0.3) is 27.6 Å². The van der Waals surface area contributed by atoms with Gasteiger partial charge in [0, 0.05) is 11.3 Å². The van der Waals surface area contributed by atoms with Gasteiger partial charge in [-0.05, 0) is 53.6 Å². The van der Waals surface area contributed by atoms with E-state index >= 15 is 0 Å². The van der Waals surface area contributed by atoms with Crippen molar-refractivity contribution in [2.45, 2.75) is 19.4 Å². The van der Waals surface area contributed by atoms with Gasteiger partial charge in [0.25, 0.3) is 0 Å². The quantitative estimate of drug-likeness (QED) is 0.546. The van der Waals surface area contributed by atoms with Crippen LogP contribution >= 0.6 is 0 Å². The highest BCUT2D eigenvalue weighted by Gasteiger charge is 2.20. The zero-order chi connectivity index (χ0) is 13.7. The van der Waals surface area contributed by atoms with E-state index in [1.165, 1.54) is 32.8 Å². The van der Waals surface area contributed by atoms with Gasteiger partial charge in [-0.2, -0.15) is 0 Å². The van der Waals surface area contributed by atoms with E-state index in [9.17, 15) is 0 Å². The largest absolute Gasteiger partial charge is 0.376 e. The average Bonchev–Trinajstić information content (AvgIpc) is 2.44. The van der Waals surface area contributed by atoms with Crippen LogP contribution in [0.1, 0.15) is 19.4 Å². The summed E-state index contributed by atoms with van der Waals surface area (Å²) in [5.41, 5.74) is 2.55. The highest BCUT2D eigenvalue weighted by atomic mass is 15.0. The van der Waals surface area contributed by atoms with Crippen molar-refractivity contribution in [1.29, 1.82) is 0 Å². The second-order valence-corrected chi connectivity index (χ2v) is 6.13. The standard InChI is InChI=1S/C19H17N/c1-19(2)10-9-16-17-12-14-6-4-3-5-13(14)11-15(17)7-8-18(16)20-19/h3-12,20H,1-2H3. The maximum absolute atomic E-state index is 3.59. The van der Waals surface area contributed by atoms with Crippen molar-refractivity contribution in [1.82, 2.24) is 0 Å². The lowest BCUT2D eigenvalue weighted by Gasteiger charge is -2.29. The second-order valence-electron chi connectivity index (χ2n) is 6.13. The van der Waals surface area contributed by atoms with Gasteiger partial charge in [0.15, 0.2) is 0 Å². The maximum Gasteiger partial charge on any atom is 0.0503 e. The number of anilines is 1. The molecule has 0 fully saturated rings. The van der Waals surface area contributed by atoms with Crippen LogP contribution in [0.15, 0.2) is 54.6 Å². The molecule has 98 valence electrons. The number of hydrogen-bond acceptors (Lipinski definition) is 1. The Morgan fingerprint density at radius 2 is 1.60 bits per heavy atom. The summed E-state index contributed by atoms with van der Waals surface area (Å²) in [4.78, 5) is 0. The van der Waals surface area contributed by atoms with Crippen molar-refractivity contribution in [3.05, 3.63) is 60.2 Å². The fourth-order valence-corrected chi connectivity index (χ4v) is 3.01. The van der Waals surface area contributed by atoms with E-state index in [-0.39, 0.29) is 5.54 Å². The van der Waals surface area contributed by atoms with E-state index in [2.05, 4.69) is 79.8 Å². The lowest BCUT2D eigenvalue weighted by atomic mass is 9.92. The zero-order valence-corrected chi connectivity index (χ0v) is 11.8. The van der Waals surface area contributed by atoms with Gasteiger partial charge in [0.2, 0.25) is 0 Å². The van der Waals surface area contributed by atoms with E-state index in [1.807, 2.05) is 0 Å². The van der Waals surface area contributed by atoms with Crippen LogP contribution in [0.5, 0.6) is 0 Å². The molecule has 4 rings (SSSR count). The number of nitrogens with one attached hydrogen (secondary N) is 1. The molecule has 1 N–H and O–H groups in total. The summed E-state index contributed by atoms with van der Waals surface area (Å²) >= 11 is 0.